The average Bonchev–Trinajstić information content (AvgIpc) is 2.52. The Hall–Kier alpha value is -2.64. The van der Waals surface area contributed by atoms with Crippen molar-refractivity contribution in [3.05, 3.63) is 73.8 Å². The van der Waals surface area contributed by atoms with Gasteiger partial charge in [0.1, 0.15) is 5.56 Å². The van der Waals surface area contributed by atoms with Gasteiger partial charge in [-0.3, -0.25) is 30.6 Å². The molecule has 7 nitrogen and oxygen atoms in total. The number of rotatable bonds is 3. The maximum absolute atomic E-state index is 12.0. The number of amides is 2. The third-order valence-electron chi connectivity index (χ3n) is 2.78. The van der Waals surface area contributed by atoms with Crippen LogP contribution in [0.5, 0.6) is 0 Å². The number of hydrazine groups is 1. The number of nitrogens with one attached hydrogen (secondary N) is 2. The zero-order valence-electron chi connectivity index (χ0n) is 11.4. The Morgan fingerprint density at radius 2 is 1.61 bits per heavy atom. The van der Waals surface area contributed by atoms with E-state index in [2.05, 4.69) is 10.9 Å². The molecule has 9 heteroatoms. The van der Waals surface area contributed by atoms with Gasteiger partial charge in [0, 0.05) is 21.7 Å². The molecule has 0 bridgehead atoms. The molecule has 0 radical (unpaired) electrons. The third-order valence-corrected chi connectivity index (χ3v) is 3.25. The van der Waals surface area contributed by atoms with Crippen LogP contribution in [0.15, 0.2) is 42.5 Å². The molecule has 0 aliphatic rings. The number of nitro benzene ring substituents is 1. The Labute approximate surface area is 140 Å². The fourth-order valence-electron chi connectivity index (χ4n) is 1.73. The van der Waals surface area contributed by atoms with E-state index < -0.39 is 22.4 Å². The molecule has 2 amide bonds. The van der Waals surface area contributed by atoms with Gasteiger partial charge in [0.25, 0.3) is 17.5 Å². The highest BCUT2D eigenvalue weighted by Gasteiger charge is 2.21. The largest absolute Gasteiger partial charge is 0.283 e. The van der Waals surface area contributed by atoms with Crippen molar-refractivity contribution < 1.29 is 14.5 Å². The molecule has 2 rings (SSSR count). The fourth-order valence-corrected chi connectivity index (χ4v) is 2.09. The molecule has 0 saturated carbocycles. The fraction of sp³-hybridized carbons (Fsp3) is 0. The molecule has 0 spiro atoms. The van der Waals surface area contributed by atoms with Gasteiger partial charge in [0.2, 0.25) is 0 Å². The molecule has 23 heavy (non-hydrogen) atoms. The van der Waals surface area contributed by atoms with Crippen molar-refractivity contribution in [3.8, 4) is 0 Å². The van der Waals surface area contributed by atoms with Gasteiger partial charge in [-0.25, -0.2) is 0 Å². The summed E-state index contributed by atoms with van der Waals surface area (Å²) >= 11 is 11.4. The monoisotopic (exact) mass is 353 g/mol. The van der Waals surface area contributed by atoms with Crippen LogP contribution in [0.2, 0.25) is 10.0 Å². The minimum Gasteiger partial charge on any atom is -0.267 e. The van der Waals surface area contributed by atoms with Crippen molar-refractivity contribution in [2.45, 2.75) is 0 Å². The van der Waals surface area contributed by atoms with Crippen LogP contribution >= 0.6 is 23.2 Å². The maximum atomic E-state index is 12.0. The maximum Gasteiger partial charge on any atom is 0.283 e. The Bertz CT molecular complexity index is 795. The number of carbonyl (C=O) groups excluding carboxylic acids is 2. The first kappa shape index (κ1) is 16.7. The van der Waals surface area contributed by atoms with Crippen molar-refractivity contribution in [1.82, 2.24) is 10.9 Å². The van der Waals surface area contributed by atoms with Crippen LogP contribution < -0.4 is 10.9 Å². The number of nitro groups is 1. The first-order valence-electron chi connectivity index (χ1n) is 6.18. The molecule has 118 valence electrons. The quantitative estimate of drug-likeness (QED) is 0.654. The summed E-state index contributed by atoms with van der Waals surface area (Å²) in [5.74, 6) is -1.46. The Morgan fingerprint density at radius 3 is 2.26 bits per heavy atom. The van der Waals surface area contributed by atoms with Crippen LogP contribution in [0.3, 0.4) is 0 Å². The lowest BCUT2D eigenvalue weighted by atomic mass is 10.1. The zero-order valence-corrected chi connectivity index (χ0v) is 12.9. The molecule has 0 aliphatic heterocycles. The Kier molecular flexibility index (Phi) is 5.15. The van der Waals surface area contributed by atoms with Crippen LogP contribution in [0, 0.1) is 10.1 Å². The van der Waals surface area contributed by atoms with Crippen molar-refractivity contribution in [3.63, 3.8) is 0 Å². The predicted octanol–water partition coefficient (Wildman–Crippen LogP) is 2.98. The summed E-state index contributed by atoms with van der Waals surface area (Å²) in [6.45, 7) is 0. The van der Waals surface area contributed by atoms with Crippen LogP contribution in [-0.4, -0.2) is 16.7 Å². The van der Waals surface area contributed by atoms with E-state index in [0.717, 1.165) is 6.07 Å². The van der Waals surface area contributed by atoms with E-state index in [1.807, 2.05) is 0 Å². The van der Waals surface area contributed by atoms with Gasteiger partial charge in [-0.2, -0.15) is 0 Å². The van der Waals surface area contributed by atoms with Crippen LogP contribution in [0.4, 0.5) is 5.69 Å². The van der Waals surface area contributed by atoms with Gasteiger partial charge in [-0.15, -0.1) is 0 Å². The van der Waals surface area contributed by atoms with Crippen LogP contribution in [-0.2, 0) is 0 Å². The second-order valence-corrected chi connectivity index (χ2v) is 5.21. The SMILES string of the molecule is O=C(NNC(=O)c1ccc(Cl)cc1[N+](=O)[O-])c1cccc(Cl)c1. The summed E-state index contributed by atoms with van der Waals surface area (Å²) in [6, 6.07) is 9.65. The highest BCUT2D eigenvalue weighted by molar-refractivity contribution is 6.31. The first-order chi connectivity index (χ1) is 10.9. The smallest absolute Gasteiger partial charge is 0.267 e. The molecule has 2 aromatic carbocycles. The minimum absolute atomic E-state index is 0.121. The number of benzene rings is 2. The molecule has 2 N–H and O–H groups in total. The third kappa shape index (κ3) is 4.18. The van der Waals surface area contributed by atoms with Gasteiger partial charge < -0.3 is 0 Å². The van der Waals surface area contributed by atoms with Crippen LogP contribution in [0.25, 0.3) is 0 Å². The summed E-state index contributed by atoms with van der Waals surface area (Å²) in [5.41, 5.74) is 3.78. The van der Waals surface area contributed by atoms with E-state index in [1.54, 1.807) is 12.1 Å². The first-order valence-corrected chi connectivity index (χ1v) is 6.94. The van der Waals surface area contributed by atoms with Gasteiger partial charge in [0.05, 0.1) is 4.92 Å². The summed E-state index contributed by atoms with van der Waals surface area (Å²) in [4.78, 5) is 34.1. The number of hydrogen-bond acceptors (Lipinski definition) is 4. The van der Waals surface area contributed by atoms with Crippen molar-refractivity contribution >= 4 is 40.7 Å². The molecule has 0 aliphatic carbocycles. The summed E-state index contributed by atoms with van der Waals surface area (Å²) in [7, 11) is 0. The molecule has 0 fully saturated rings. The topological polar surface area (TPSA) is 101 Å². The second kappa shape index (κ2) is 7.08. The minimum atomic E-state index is -0.844. The number of halogens is 2. The summed E-state index contributed by atoms with van der Waals surface area (Å²) in [5, 5.41) is 11.4. The lowest BCUT2D eigenvalue weighted by Crippen LogP contribution is -2.41. The van der Waals surface area contributed by atoms with E-state index in [1.165, 1.54) is 24.3 Å². The van der Waals surface area contributed by atoms with E-state index in [0.29, 0.717) is 5.02 Å². The summed E-state index contributed by atoms with van der Waals surface area (Å²) < 4.78 is 0. The van der Waals surface area contributed by atoms with E-state index in [9.17, 15) is 19.7 Å². The standard InChI is InChI=1S/C14H9Cl2N3O4/c15-9-3-1-2-8(6-9)13(20)17-18-14(21)11-5-4-10(16)7-12(11)19(22)23/h1-7H,(H,17,20)(H,18,21). The number of nitrogens with zero attached hydrogens (tertiary/aromatic N) is 1. The van der Waals surface area contributed by atoms with Crippen LogP contribution in [0.1, 0.15) is 20.7 Å². The van der Waals surface area contributed by atoms with Gasteiger partial charge >= 0.3 is 0 Å². The molecule has 0 unspecified atom stereocenters. The average molecular weight is 354 g/mol. The van der Waals surface area contributed by atoms with Crippen molar-refractivity contribution in [2.75, 3.05) is 0 Å². The molecule has 0 saturated heterocycles. The van der Waals surface area contributed by atoms with Gasteiger partial charge in [-0.05, 0) is 30.3 Å². The van der Waals surface area contributed by atoms with Crippen molar-refractivity contribution in [1.29, 1.82) is 0 Å². The van der Waals surface area contributed by atoms with Crippen molar-refractivity contribution in [2.24, 2.45) is 0 Å². The van der Waals surface area contributed by atoms with Gasteiger partial charge in [-0.1, -0.05) is 29.3 Å². The lowest BCUT2D eigenvalue weighted by Gasteiger charge is -2.08. The molecular formula is C14H9Cl2N3O4. The highest BCUT2D eigenvalue weighted by Crippen LogP contribution is 2.22. The predicted molar refractivity (Wildman–Crippen MR) is 84.5 cm³/mol. The molecule has 2 aromatic rings. The van der Waals surface area contributed by atoms with E-state index in [-0.39, 0.29) is 16.1 Å². The normalized spacial score (nSPS) is 10.0. The molecule has 0 aromatic heterocycles. The molecule has 0 heterocycles. The number of hydrogen-bond donors (Lipinski definition) is 2. The van der Waals surface area contributed by atoms with E-state index >= 15 is 0 Å². The van der Waals surface area contributed by atoms with Gasteiger partial charge in [0.15, 0.2) is 0 Å². The zero-order chi connectivity index (χ0) is 17.0. The lowest BCUT2D eigenvalue weighted by molar-refractivity contribution is -0.385. The molecule has 0 atom stereocenters. The Morgan fingerprint density at radius 1 is 0.957 bits per heavy atom. The Balaban J connectivity index is 2.11. The number of carbonyl (C=O) groups is 2. The second-order valence-electron chi connectivity index (χ2n) is 4.34. The van der Waals surface area contributed by atoms with E-state index in [4.69, 9.17) is 23.2 Å². The summed E-state index contributed by atoms with van der Waals surface area (Å²) in [6.07, 6.45) is 0. The molecular weight excluding hydrogens is 345 g/mol. The highest BCUT2D eigenvalue weighted by atomic mass is 35.5.